The van der Waals surface area contributed by atoms with Crippen LogP contribution in [0, 0.1) is 22.5 Å². The minimum absolute atomic E-state index is 0.0196. The molecule has 0 saturated carbocycles. The van der Waals surface area contributed by atoms with E-state index in [0.29, 0.717) is 5.75 Å². The van der Waals surface area contributed by atoms with Gasteiger partial charge < -0.3 is 10.5 Å². The van der Waals surface area contributed by atoms with E-state index in [4.69, 9.17) is 16.9 Å². The third-order valence-corrected chi connectivity index (χ3v) is 2.01. The molecule has 1 aromatic carbocycles. The summed E-state index contributed by atoms with van der Waals surface area (Å²) in [7, 11) is 0. The quantitative estimate of drug-likeness (QED) is 0.370. The second kappa shape index (κ2) is 6.76. The molecule has 0 saturated heterocycles. The molecule has 1 aromatic rings. The van der Waals surface area contributed by atoms with Crippen molar-refractivity contribution in [2.45, 2.75) is 0 Å². The Labute approximate surface area is 105 Å². The molecule has 92 valence electrons. The third-order valence-electron chi connectivity index (χ3n) is 2.01. The summed E-state index contributed by atoms with van der Waals surface area (Å²) in [5, 5.41) is 10.6. The minimum Gasteiger partial charge on any atom is -0.489 e. The van der Waals surface area contributed by atoms with Crippen LogP contribution in [-0.4, -0.2) is 11.5 Å². The summed E-state index contributed by atoms with van der Waals surface area (Å²) < 4.78 is 5.33. The number of ether oxygens (including phenoxy) is 1. The Morgan fingerprint density at radius 1 is 1.50 bits per heavy atom. The van der Waals surface area contributed by atoms with E-state index in [-0.39, 0.29) is 18.0 Å². The summed E-state index contributed by atoms with van der Waals surface area (Å²) >= 11 is 0. The molecule has 5 nitrogen and oxygen atoms in total. The topological polar surface area (TPSA) is 78.4 Å². The summed E-state index contributed by atoms with van der Waals surface area (Å²) in [6.07, 6.45) is 7.39. The largest absolute Gasteiger partial charge is 0.489 e. The number of rotatable bonds is 5. The highest BCUT2D eigenvalue weighted by Gasteiger charge is 2.12. The van der Waals surface area contributed by atoms with Gasteiger partial charge in [-0.3, -0.25) is 10.1 Å². The lowest BCUT2D eigenvalue weighted by molar-refractivity contribution is -0.420. The molecule has 0 fully saturated rings. The van der Waals surface area contributed by atoms with Crippen molar-refractivity contribution in [3.05, 3.63) is 64.0 Å². The van der Waals surface area contributed by atoms with Crippen LogP contribution in [0.3, 0.4) is 0 Å². The first-order chi connectivity index (χ1) is 8.65. The lowest BCUT2D eigenvalue weighted by Gasteiger charge is -2.03. The van der Waals surface area contributed by atoms with E-state index in [9.17, 15) is 10.1 Å². The van der Waals surface area contributed by atoms with Crippen molar-refractivity contribution in [2.75, 3.05) is 6.61 Å². The Kier molecular flexibility index (Phi) is 5.00. The molecular formula is C13H12N2O3. The summed E-state index contributed by atoms with van der Waals surface area (Å²) in [6.45, 7) is 0.131. The van der Waals surface area contributed by atoms with Crippen molar-refractivity contribution < 1.29 is 9.66 Å². The van der Waals surface area contributed by atoms with Gasteiger partial charge in [0.05, 0.1) is 11.0 Å². The molecule has 0 aromatic heterocycles. The van der Waals surface area contributed by atoms with Crippen LogP contribution in [0.5, 0.6) is 5.75 Å². The summed E-state index contributed by atoms with van der Waals surface area (Å²) in [4.78, 5) is 10.0. The normalized spacial score (nSPS) is 11.7. The molecule has 18 heavy (non-hydrogen) atoms. The maximum atomic E-state index is 10.6. The Morgan fingerprint density at radius 3 is 2.72 bits per heavy atom. The van der Waals surface area contributed by atoms with Crippen molar-refractivity contribution in [2.24, 2.45) is 5.73 Å². The Hall–Kier alpha value is -2.74. The van der Waals surface area contributed by atoms with Gasteiger partial charge in [0.15, 0.2) is 0 Å². The Balaban J connectivity index is 2.65. The number of nitrogens with zero attached hydrogens (tertiary/aromatic N) is 1. The number of allylic oxidation sites excluding steroid dienone is 1. The van der Waals surface area contributed by atoms with Crippen LogP contribution in [-0.2, 0) is 0 Å². The van der Waals surface area contributed by atoms with E-state index >= 15 is 0 Å². The van der Waals surface area contributed by atoms with Gasteiger partial charge in [0.1, 0.15) is 18.1 Å². The summed E-state index contributed by atoms with van der Waals surface area (Å²) in [5.41, 5.74) is 5.21. The number of hydrogen-bond acceptors (Lipinski definition) is 4. The van der Waals surface area contributed by atoms with Crippen LogP contribution >= 0.6 is 0 Å². The molecule has 0 aliphatic carbocycles. The van der Waals surface area contributed by atoms with Gasteiger partial charge in [-0.1, -0.05) is 24.1 Å². The van der Waals surface area contributed by atoms with Crippen molar-refractivity contribution >= 4 is 0 Å². The molecule has 2 N–H and O–H groups in total. The molecule has 0 aliphatic heterocycles. The average molecular weight is 244 g/mol. The van der Waals surface area contributed by atoms with Crippen molar-refractivity contribution in [1.29, 1.82) is 0 Å². The number of benzene rings is 1. The molecule has 0 aliphatic rings. The second-order valence-corrected chi connectivity index (χ2v) is 3.24. The van der Waals surface area contributed by atoms with Crippen molar-refractivity contribution in [1.82, 2.24) is 0 Å². The fraction of sp³-hybridized carbons (Fsp3) is 0.0769. The zero-order chi connectivity index (χ0) is 13.4. The van der Waals surface area contributed by atoms with Crippen LogP contribution in [0.1, 0.15) is 0 Å². The first-order valence-electron chi connectivity index (χ1n) is 5.09. The third kappa shape index (κ3) is 4.02. The maximum absolute atomic E-state index is 10.6. The Morgan fingerprint density at radius 2 is 2.17 bits per heavy atom. The van der Waals surface area contributed by atoms with Crippen LogP contribution in [0.15, 0.2) is 53.9 Å². The SMILES string of the molecule is C#C/C=C(\C(N)=C/COc1ccccc1)[N+](=O)[O-]. The van der Waals surface area contributed by atoms with Gasteiger partial charge in [0, 0.05) is 0 Å². The van der Waals surface area contributed by atoms with E-state index in [1.54, 1.807) is 12.1 Å². The van der Waals surface area contributed by atoms with E-state index in [1.807, 2.05) is 18.2 Å². The van der Waals surface area contributed by atoms with E-state index in [1.165, 1.54) is 6.08 Å². The smallest absolute Gasteiger partial charge is 0.300 e. The molecule has 0 heterocycles. The number of hydrogen-bond donors (Lipinski definition) is 1. The predicted molar refractivity (Wildman–Crippen MR) is 68.1 cm³/mol. The van der Waals surface area contributed by atoms with E-state index in [0.717, 1.165) is 6.08 Å². The molecule has 0 amide bonds. The molecule has 0 bridgehead atoms. The Bertz CT molecular complexity index is 513. The average Bonchev–Trinajstić information content (AvgIpc) is 2.36. The molecule has 0 atom stereocenters. The van der Waals surface area contributed by atoms with Gasteiger partial charge in [-0.25, -0.2) is 0 Å². The van der Waals surface area contributed by atoms with Gasteiger partial charge in [0.25, 0.3) is 5.70 Å². The van der Waals surface area contributed by atoms with E-state index in [2.05, 4.69) is 5.92 Å². The lowest BCUT2D eigenvalue weighted by Crippen LogP contribution is -2.11. The minimum atomic E-state index is -0.631. The van der Waals surface area contributed by atoms with Gasteiger partial charge in [-0.05, 0) is 18.2 Å². The number of terminal acetylenes is 1. The van der Waals surface area contributed by atoms with Crippen LogP contribution in [0.2, 0.25) is 0 Å². The molecule has 0 radical (unpaired) electrons. The lowest BCUT2D eigenvalue weighted by atomic mass is 10.3. The van der Waals surface area contributed by atoms with E-state index < -0.39 is 4.92 Å². The first kappa shape index (κ1) is 13.3. The summed E-state index contributed by atoms with van der Waals surface area (Å²) in [5.74, 6) is 2.73. The fourth-order valence-corrected chi connectivity index (χ4v) is 1.17. The fourth-order valence-electron chi connectivity index (χ4n) is 1.17. The number of nitrogens with two attached hydrogens (primary N) is 1. The van der Waals surface area contributed by atoms with Gasteiger partial charge in [0.2, 0.25) is 0 Å². The molecule has 0 spiro atoms. The summed E-state index contributed by atoms with van der Waals surface area (Å²) in [6, 6.07) is 9.05. The number of nitro groups is 1. The van der Waals surface area contributed by atoms with Gasteiger partial charge in [-0.2, -0.15) is 0 Å². The standard InChI is InChI=1S/C13H12N2O3/c1-2-6-13(15(16)17)12(14)9-10-18-11-7-4-3-5-8-11/h1,3-9H,10,14H2/b12-9+,13-6+. The molecule has 0 unspecified atom stereocenters. The highest BCUT2D eigenvalue weighted by molar-refractivity contribution is 5.28. The molecular weight excluding hydrogens is 232 g/mol. The highest BCUT2D eigenvalue weighted by atomic mass is 16.6. The van der Waals surface area contributed by atoms with Crippen molar-refractivity contribution in [3.63, 3.8) is 0 Å². The molecule has 5 heteroatoms. The van der Waals surface area contributed by atoms with Crippen LogP contribution < -0.4 is 10.5 Å². The second-order valence-electron chi connectivity index (χ2n) is 3.24. The van der Waals surface area contributed by atoms with Crippen molar-refractivity contribution in [3.8, 4) is 18.1 Å². The van der Waals surface area contributed by atoms with Crippen LogP contribution in [0.4, 0.5) is 0 Å². The monoisotopic (exact) mass is 244 g/mol. The highest BCUT2D eigenvalue weighted by Crippen LogP contribution is 2.09. The zero-order valence-electron chi connectivity index (χ0n) is 9.58. The first-order valence-corrected chi connectivity index (χ1v) is 5.09. The molecule has 1 rings (SSSR count). The van der Waals surface area contributed by atoms with Crippen LogP contribution in [0.25, 0.3) is 0 Å². The van der Waals surface area contributed by atoms with Gasteiger partial charge >= 0.3 is 0 Å². The van der Waals surface area contributed by atoms with Gasteiger partial charge in [-0.15, -0.1) is 6.42 Å². The zero-order valence-corrected chi connectivity index (χ0v) is 9.58. The predicted octanol–water partition coefficient (Wildman–Crippen LogP) is 1.70. The number of para-hydroxylation sites is 1. The maximum Gasteiger partial charge on any atom is 0.300 e.